The molecule has 1 unspecified atom stereocenters. The van der Waals surface area contributed by atoms with Gasteiger partial charge in [-0.3, -0.25) is 9.48 Å². The number of carbonyl (C=O) groups is 1. The van der Waals surface area contributed by atoms with Crippen molar-refractivity contribution in [1.29, 1.82) is 0 Å². The summed E-state index contributed by atoms with van der Waals surface area (Å²) < 4.78 is 1.70. The van der Waals surface area contributed by atoms with Crippen molar-refractivity contribution >= 4 is 17.4 Å². The number of ketones is 1. The zero-order valence-corrected chi connectivity index (χ0v) is 12.8. The summed E-state index contributed by atoms with van der Waals surface area (Å²) in [6.07, 6.45) is 1.11. The summed E-state index contributed by atoms with van der Waals surface area (Å²) in [7, 11) is 1.82. The van der Waals surface area contributed by atoms with Crippen molar-refractivity contribution in [3.05, 3.63) is 52.3 Å². The second-order valence-electron chi connectivity index (χ2n) is 4.98. The Morgan fingerprint density at radius 2 is 2.00 bits per heavy atom. The highest BCUT2D eigenvalue weighted by Gasteiger charge is 2.22. The van der Waals surface area contributed by atoms with Crippen LogP contribution >= 0.6 is 11.6 Å². The molecule has 106 valence electrons. The molecule has 0 N–H and O–H groups in total. The first-order valence-corrected chi connectivity index (χ1v) is 7.18. The molecule has 0 amide bonds. The third-order valence-corrected chi connectivity index (χ3v) is 4.09. The number of halogens is 1. The minimum Gasteiger partial charge on any atom is -0.299 e. The monoisotopic (exact) mass is 290 g/mol. The predicted octanol–water partition coefficient (Wildman–Crippen LogP) is 3.69. The van der Waals surface area contributed by atoms with E-state index in [1.165, 1.54) is 0 Å². The maximum absolute atomic E-state index is 12.6. The number of rotatable bonds is 5. The van der Waals surface area contributed by atoms with Crippen molar-refractivity contribution in [2.24, 2.45) is 7.05 Å². The van der Waals surface area contributed by atoms with Crippen LogP contribution in [0.5, 0.6) is 0 Å². The third kappa shape index (κ3) is 2.93. The quantitative estimate of drug-likeness (QED) is 0.842. The van der Waals surface area contributed by atoms with Gasteiger partial charge in [0, 0.05) is 13.0 Å². The fourth-order valence-corrected chi connectivity index (χ4v) is 2.72. The number of Topliss-reactive ketones (excluding diaryl/α,β-unsaturated/α-hetero) is 1. The van der Waals surface area contributed by atoms with Crippen LogP contribution in [0.1, 0.15) is 36.2 Å². The van der Waals surface area contributed by atoms with Gasteiger partial charge in [0.05, 0.1) is 22.8 Å². The Morgan fingerprint density at radius 3 is 2.50 bits per heavy atom. The Morgan fingerprint density at radius 1 is 1.35 bits per heavy atom. The zero-order chi connectivity index (χ0) is 14.7. The third-order valence-electron chi connectivity index (χ3n) is 3.60. The lowest BCUT2D eigenvalue weighted by Gasteiger charge is -2.14. The summed E-state index contributed by atoms with van der Waals surface area (Å²) in [6, 6.07) is 9.89. The average molecular weight is 291 g/mol. The van der Waals surface area contributed by atoms with Crippen LogP contribution in [0.2, 0.25) is 5.02 Å². The van der Waals surface area contributed by atoms with Gasteiger partial charge in [0.15, 0.2) is 0 Å². The molecule has 0 bridgehead atoms. The Kier molecular flexibility index (Phi) is 4.61. The van der Waals surface area contributed by atoms with Gasteiger partial charge < -0.3 is 0 Å². The normalized spacial score (nSPS) is 12.4. The van der Waals surface area contributed by atoms with Crippen molar-refractivity contribution in [3.63, 3.8) is 0 Å². The van der Waals surface area contributed by atoms with Gasteiger partial charge >= 0.3 is 0 Å². The van der Waals surface area contributed by atoms with Crippen LogP contribution in [0, 0.1) is 6.92 Å². The van der Waals surface area contributed by atoms with Gasteiger partial charge in [-0.15, -0.1) is 0 Å². The highest BCUT2D eigenvalue weighted by Crippen LogP contribution is 2.25. The highest BCUT2D eigenvalue weighted by atomic mass is 35.5. The summed E-state index contributed by atoms with van der Waals surface area (Å²) in [5.41, 5.74) is 2.63. The SMILES string of the molecule is CCC(C(=O)Cc1c(Cl)c(C)nn1C)c1ccccc1. The number of nitrogens with zero attached hydrogens (tertiary/aromatic N) is 2. The first-order valence-electron chi connectivity index (χ1n) is 6.80. The van der Waals surface area contributed by atoms with Crippen molar-refractivity contribution in [3.8, 4) is 0 Å². The molecule has 1 atom stereocenters. The molecule has 0 spiro atoms. The van der Waals surface area contributed by atoms with E-state index in [1.807, 2.05) is 51.2 Å². The topological polar surface area (TPSA) is 34.9 Å². The molecule has 0 radical (unpaired) electrons. The van der Waals surface area contributed by atoms with Gasteiger partial charge in [0.25, 0.3) is 0 Å². The summed E-state index contributed by atoms with van der Waals surface area (Å²) in [6.45, 7) is 3.89. The van der Waals surface area contributed by atoms with E-state index >= 15 is 0 Å². The first-order chi connectivity index (χ1) is 9.54. The van der Waals surface area contributed by atoms with Crippen LogP contribution in [-0.2, 0) is 18.3 Å². The molecule has 0 aliphatic rings. The molecular formula is C16H19ClN2O. The summed E-state index contributed by atoms with van der Waals surface area (Å²) in [5.74, 6) is 0.103. The van der Waals surface area contributed by atoms with E-state index in [4.69, 9.17) is 11.6 Å². The van der Waals surface area contributed by atoms with Crippen LogP contribution in [0.4, 0.5) is 0 Å². The van der Waals surface area contributed by atoms with Gasteiger partial charge in [-0.25, -0.2) is 0 Å². The summed E-state index contributed by atoms with van der Waals surface area (Å²) in [5, 5.41) is 4.85. The van der Waals surface area contributed by atoms with E-state index in [9.17, 15) is 4.79 Å². The van der Waals surface area contributed by atoms with Crippen LogP contribution in [-0.4, -0.2) is 15.6 Å². The van der Waals surface area contributed by atoms with Crippen LogP contribution in [0.15, 0.2) is 30.3 Å². The number of carbonyl (C=O) groups excluding carboxylic acids is 1. The molecule has 4 heteroatoms. The Hall–Kier alpha value is -1.61. The molecule has 1 heterocycles. The van der Waals surface area contributed by atoms with E-state index < -0.39 is 0 Å². The molecule has 3 nitrogen and oxygen atoms in total. The maximum atomic E-state index is 12.6. The van der Waals surface area contributed by atoms with Gasteiger partial charge in [0.2, 0.25) is 0 Å². The molecule has 0 fully saturated rings. The molecule has 0 saturated carbocycles. The standard InChI is InChI=1S/C16H19ClN2O/c1-4-13(12-8-6-5-7-9-12)15(20)10-14-16(17)11(2)18-19(14)3/h5-9,13H,4,10H2,1-3H3. The largest absolute Gasteiger partial charge is 0.299 e. The van der Waals surface area contributed by atoms with E-state index in [2.05, 4.69) is 5.10 Å². The number of hydrogen-bond donors (Lipinski definition) is 0. The predicted molar refractivity (Wildman–Crippen MR) is 81.1 cm³/mol. The molecule has 0 aliphatic heterocycles. The second kappa shape index (κ2) is 6.23. The van der Waals surface area contributed by atoms with Gasteiger partial charge in [-0.2, -0.15) is 5.10 Å². The first kappa shape index (κ1) is 14.8. The van der Waals surface area contributed by atoms with Crippen molar-refractivity contribution in [2.75, 3.05) is 0 Å². The van der Waals surface area contributed by atoms with Crippen molar-refractivity contribution in [1.82, 2.24) is 9.78 Å². The van der Waals surface area contributed by atoms with Gasteiger partial charge in [0.1, 0.15) is 5.78 Å². The van der Waals surface area contributed by atoms with E-state index in [0.717, 1.165) is 23.4 Å². The number of benzene rings is 1. The Bertz CT molecular complexity index is 604. The highest BCUT2D eigenvalue weighted by molar-refractivity contribution is 6.32. The minimum absolute atomic E-state index is 0.0810. The Labute approximate surface area is 124 Å². The van der Waals surface area contributed by atoms with E-state index in [-0.39, 0.29) is 11.7 Å². The van der Waals surface area contributed by atoms with Crippen LogP contribution in [0.25, 0.3) is 0 Å². The molecular weight excluding hydrogens is 272 g/mol. The fourth-order valence-electron chi connectivity index (χ4n) is 2.49. The number of aromatic nitrogens is 2. The lowest BCUT2D eigenvalue weighted by molar-refractivity contribution is -0.120. The number of aryl methyl sites for hydroxylation is 2. The van der Waals surface area contributed by atoms with Crippen molar-refractivity contribution in [2.45, 2.75) is 32.6 Å². The zero-order valence-electron chi connectivity index (χ0n) is 12.1. The van der Waals surface area contributed by atoms with Gasteiger partial charge in [-0.05, 0) is 18.9 Å². The molecule has 2 aromatic rings. The molecule has 1 aromatic carbocycles. The molecule has 20 heavy (non-hydrogen) atoms. The summed E-state index contributed by atoms with van der Waals surface area (Å²) >= 11 is 6.22. The van der Waals surface area contributed by atoms with Crippen molar-refractivity contribution < 1.29 is 4.79 Å². The number of hydrogen-bond acceptors (Lipinski definition) is 2. The molecule has 0 saturated heterocycles. The minimum atomic E-state index is -0.0810. The van der Waals surface area contributed by atoms with Crippen LogP contribution in [0.3, 0.4) is 0 Å². The van der Waals surface area contributed by atoms with E-state index in [0.29, 0.717) is 11.4 Å². The molecule has 2 rings (SSSR count). The Balaban J connectivity index is 2.22. The smallest absolute Gasteiger partial charge is 0.146 e. The lowest BCUT2D eigenvalue weighted by atomic mass is 9.90. The maximum Gasteiger partial charge on any atom is 0.146 e. The molecule has 0 aliphatic carbocycles. The second-order valence-corrected chi connectivity index (χ2v) is 5.36. The molecule has 1 aromatic heterocycles. The van der Waals surface area contributed by atoms with Crippen LogP contribution < -0.4 is 0 Å². The summed E-state index contributed by atoms with van der Waals surface area (Å²) in [4.78, 5) is 12.6. The lowest BCUT2D eigenvalue weighted by Crippen LogP contribution is -2.16. The van der Waals surface area contributed by atoms with Gasteiger partial charge in [-0.1, -0.05) is 48.9 Å². The van der Waals surface area contributed by atoms with E-state index in [1.54, 1.807) is 4.68 Å². The average Bonchev–Trinajstić information content (AvgIpc) is 2.67. The fraction of sp³-hybridized carbons (Fsp3) is 0.375.